The van der Waals surface area contributed by atoms with Crippen LogP contribution in [-0.4, -0.2) is 11.4 Å². The summed E-state index contributed by atoms with van der Waals surface area (Å²) in [5.74, 6) is 0. The first-order valence-corrected chi connectivity index (χ1v) is 2.92. The number of hydrogen-bond acceptors (Lipinski definition) is 3. The van der Waals surface area contributed by atoms with Crippen LogP contribution in [0.25, 0.3) is 0 Å². The van der Waals surface area contributed by atoms with Gasteiger partial charge in [0.15, 0.2) is 0 Å². The lowest BCUT2D eigenvalue weighted by Crippen LogP contribution is -2.13. The molecular formula is C4H8O2S. The van der Waals surface area contributed by atoms with Crippen molar-refractivity contribution in [3.05, 3.63) is 0 Å². The molecule has 3 heteroatoms. The van der Waals surface area contributed by atoms with Gasteiger partial charge in [0.2, 0.25) is 0 Å². The van der Waals surface area contributed by atoms with Gasteiger partial charge in [0.25, 0.3) is 0 Å². The van der Waals surface area contributed by atoms with Crippen LogP contribution in [0.3, 0.4) is 0 Å². The van der Waals surface area contributed by atoms with Crippen LogP contribution in [0.5, 0.6) is 0 Å². The molecule has 42 valence electrons. The van der Waals surface area contributed by atoms with Crippen molar-refractivity contribution in [2.24, 2.45) is 0 Å². The van der Waals surface area contributed by atoms with Crippen molar-refractivity contribution in [2.75, 3.05) is 6.61 Å². The summed E-state index contributed by atoms with van der Waals surface area (Å²) in [7, 11) is 0. The quantitative estimate of drug-likeness (QED) is 0.355. The van der Waals surface area contributed by atoms with E-state index < -0.39 is 0 Å². The first-order chi connectivity index (χ1) is 3.21. The number of rotatable bonds is 0. The molecule has 0 bridgehead atoms. The van der Waals surface area contributed by atoms with Crippen molar-refractivity contribution in [1.29, 1.82) is 0 Å². The molecule has 0 radical (unpaired) electrons. The fraction of sp³-hybridized carbons (Fsp3) is 1.00. The molecule has 2 nitrogen and oxygen atoms in total. The molecule has 0 N–H and O–H groups in total. The summed E-state index contributed by atoms with van der Waals surface area (Å²) in [4.78, 5) is 4.62. The molecule has 0 atom stereocenters. The maximum atomic E-state index is 4.62. The van der Waals surface area contributed by atoms with E-state index in [1.807, 2.05) is 0 Å². The molecule has 1 heterocycles. The van der Waals surface area contributed by atoms with Gasteiger partial charge in [0, 0.05) is 12.0 Å². The average molecular weight is 120 g/mol. The highest BCUT2D eigenvalue weighted by molar-refractivity contribution is 7.96. The van der Waals surface area contributed by atoms with E-state index in [1.54, 1.807) is 0 Å². The van der Waals surface area contributed by atoms with Gasteiger partial charge in [-0.25, -0.2) is 4.89 Å². The maximum Gasteiger partial charge on any atom is 0.0999 e. The van der Waals surface area contributed by atoms with Gasteiger partial charge >= 0.3 is 0 Å². The zero-order valence-electron chi connectivity index (χ0n) is 4.43. The highest BCUT2D eigenvalue weighted by Gasteiger charge is 2.27. The van der Waals surface area contributed by atoms with Gasteiger partial charge in [0.05, 0.1) is 11.4 Å². The minimum Gasteiger partial charge on any atom is -0.223 e. The Morgan fingerprint density at radius 1 is 1.57 bits per heavy atom. The average Bonchev–Trinajstić information content (AvgIpc) is 1.84. The van der Waals surface area contributed by atoms with Gasteiger partial charge in [0.1, 0.15) is 0 Å². The minimum absolute atomic E-state index is 0.167. The van der Waals surface area contributed by atoms with Crippen molar-refractivity contribution in [2.45, 2.75) is 18.6 Å². The summed E-state index contributed by atoms with van der Waals surface area (Å²) in [5.41, 5.74) is 0. The zero-order valence-corrected chi connectivity index (χ0v) is 5.25. The van der Waals surface area contributed by atoms with Crippen molar-refractivity contribution >= 4 is 12.0 Å². The second kappa shape index (κ2) is 1.65. The SMILES string of the molecule is CC1(C)COOS1. The standard InChI is InChI=1S/C4H8O2S/c1-4(2)3-5-6-7-4/h3H2,1-2H3. The molecule has 1 aliphatic heterocycles. The van der Waals surface area contributed by atoms with E-state index in [4.69, 9.17) is 0 Å². The third kappa shape index (κ3) is 1.33. The first-order valence-electron chi connectivity index (χ1n) is 2.18. The monoisotopic (exact) mass is 120 g/mol. The Kier molecular flexibility index (Phi) is 1.28. The Hall–Kier alpha value is 0.270. The van der Waals surface area contributed by atoms with Crippen molar-refractivity contribution < 1.29 is 9.22 Å². The molecule has 0 aromatic carbocycles. The Bertz CT molecular complexity index is 64.1. The van der Waals surface area contributed by atoms with E-state index in [0.29, 0.717) is 6.61 Å². The van der Waals surface area contributed by atoms with E-state index in [2.05, 4.69) is 23.1 Å². The lowest BCUT2D eigenvalue weighted by Gasteiger charge is -2.05. The molecule has 0 unspecified atom stereocenters. The van der Waals surface area contributed by atoms with Crippen LogP contribution < -0.4 is 0 Å². The van der Waals surface area contributed by atoms with Gasteiger partial charge < -0.3 is 0 Å². The summed E-state index contributed by atoms with van der Waals surface area (Å²) in [5, 5.41) is 0. The van der Waals surface area contributed by atoms with Crippen LogP contribution in [-0.2, 0) is 9.22 Å². The van der Waals surface area contributed by atoms with E-state index in [-0.39, 0.29) is 4.75 Å². The largest absolute Gasteiger partial charge is 0.223 e. The van der Waals surface area contributed by atoms with Crippen LogP contribution in [0.15, 0.2) is 0 Å². The summed E-state index contributed by atoms with van der Waals surface area (Å²) in [6.07, 6.45) is 0. The van der Waals surface area contributed by atoms with Crippen LogP contribution in [0.2, 0.25) is 0 Å². The smallest absolute Gasteiger partial charge is 0.0999 e. The van der Waals surface area contributed by atoms with Gasteiger partial charge in [-0.15, -0.1) is 0 Å². The van der Waals surface area contributed by atoms with Gasteiger partial charge in [-0.3, -0.25) is 0 Å². The lowest BCUT2D eigenvalue weighted by atomic mass is 10.2. The van der Waals surface area contributed by atoms with E-state index in [9.17, 15) is 0 Å². The van der Waals surface area contributed by atoms with Gasteiger partial charge in [-0.2, -0.15) is 4.33 Å². The summed E-state index contributed by atoms with van der Waals surface area (Å²) < 4.78 is 4.74. The lowest BCUT2D eigenvalue weighted by molar-refractivity contribution is -0.173. The molecule has 0 aromatic rings. The molecule has 7 heavy (non-hydrogen) atoms. The third-order valence-electron chi connectivity index (χ3n) is 0.714. The normalized spacial score (nSPS) is 28.3. The first kappa shape index (κ1) is 5.41. The summed E-state index contributed by atoms with van der Waals surface area (Å²) in [6, 6.07) is 0. The van der Waals surface area contributed by atoms with Crippen molar-refractivity contribution in [1.82, 2.24) is 0 Å². The second-order valence-electron chi connectivity index (χ2n) is 2.17. The molecule has 0 amide bonds. The van der Waals surface area contributed by atoms with Crippen LogP contribution in [0.4, 0.5) is 0 Å². The molecule has 0 saturated carbocycles. The predicted molar refractivity (Wildman–Crippen MR) is 28.7 cm³/mol. The van der Waals surface area contributed by atoms with Gasteiger partial charge in [-0.1, -0.05) is 0 Å². The Morgan fingerprint density at radius 3 is 2.43 bits per heavy atom. The van der Waals surface area contributed by atoms with Crippen molar-refractivity contribution in [3.63, 3.8) is 0 Å². The Morgan fingerprint density at radius 2 is 2.29 bits per heavy atom. The highest BCUT2D eigenvalue weighted by atomic mass is 32.2. The molecule has 1 fully saturated rings. The molecule has 0 aromatic heterocycles. The summed E-state index contributed by atoms with van der Waals surface area (Å²) >= 11 is 1.38. The molecule has 0 aliphatic carbocycles. The molecule has 1 rings (SSSR count). The fourth-order valence-electron chi connectivity index (χ4n) is 0.306. The molecule has 0 spiro atoms. The number of hydrogen-bond donors (Lipinski definition) is 0. The molecular weight excluding hydrogens is 112 g/mol. The van der Waals surface area contributed by atoms with Crippen LogP contribution >= 0.6 is 12.0 Å². The molecule has 1 saturated heterocycles. The van der Waals surface area contributed by atoms with E-state index >= 15 is 0 Å². The maximum absolute atomic E-state index is 4.62. The highest BCUT2D eigenvalue weighted by Crippen LogP contribution is 2.31. The minimum atomic E-state index is 0.167. The third-order valence-corrected chi connectivity index (χ3v) is 1.45. The zero-order chi connectivity index (χ0) is 5.33. The Balaban J connectivity index is 2.40. The van der Waals surface area contributed by atoms with E-state index in [1.165, 1.54) is 12.0 Å². The van der Waals surface area contributed by atoms with Crippen LogP contribution in [0.1, 0.15) is 13.8 Å². The van der Waals surface area contributed by atoms with E-state index in [0.717, 1.165) is 0 Å². The Labute approximate surface area is 47.3 Å². The topological polar surface area (TPSA) is 18.5 Å². The predicted octanol–water partition coefficient (Wildman–Crippen LogP) is 1.38. The second-order valence-corrected chi connectivity index (χ2v) is 3.58. The fourth-order valence-corrected chi connectivity index (χ4v) is 0.683. The summed E-state index contributed by atoms with van der Waals surface area (Å²) in [6.45, 7) is 4.84. The van der Waals surface area contributed by atoms with Crippen LogP contribution in [0, 0.1) is 0 Å². The van der Waals surface area contributed by atoms with Crippen molar-refractivity contribution in [3.8, 4) is 0 Å². The van der Waals surface area contributed by atoms with Gasteiger partial charge in [-0.05, 0) is 13.8 Å². The molecule has 1 aliphatic rings.